The molecule has 5 nitrogen and oxygen atoms in total. The lowest BCUT2D eigenvalue weighted by Gasteiger charge is -2.18. The number of halogens is 2. The number of hydrogen-bond donors (Lipinski definition) is 0. The Kier molecular flexibility index (Phi) is 4.16. The zero-order valence-electron chi connectivity index (χ0n) is 13.3. The van der Waals surface area contributed by atoms with Crippen LogP contribution in [-0.2, 0) is 13.6 Å². The topological polar surface area (TPSA) is 43.1 Å². The van der Waals surface area contributed by atoms with Gasteiger partial charge in [0, 0.05) is 44.7 Å². The molecule has 0 saturated heterocycles. The Morgan fingerprint density at radius 2 is 1.96 bits per heavy atom. The van der Waals surface area contributed by atoms with Crippen LogP contribution in [-0.4, -0.2) is 32.2 Å². The van der Waals surface area contributed by atoms with Crippen molar-refractivity contribution in [3.8, 4) is 5.82 Å². The molecule has 0 atom stereocenters. The van der Waals surface area contributed by atoms with Gasteiger partial charge in [-0.25, -0.2) is 8.78 Å². The highest BCUT2D eigenvalue weighted by Gasteiger charge is 2.21. The van der Waals surface area contributed by atoms with E-state index >= 15 is 0 Å². The number of benzene rings is 1. The molecule has 0 spiro atoms. The lowest BCUT2D eigenvalue weighted by Crippen LogP contribution is -2.27. The second-order valence-corrected chi connectivity index (χ2v) is 5.49. The molecule has 0 aliphatic heterocycles. The van der Waals surface area contributed by atoms with E-state index in [1.807, 2.05) is 24.5 Å². The van der Waals surface area contributed by atoms with Crippen molar-refractivity contribution < 1.29 is 13.6 Å². The molecule has 2 aromatic heterocycles. The average Bonchev–Trinajstić information content (AvgIpc) is 3.18. The molecule has 2 heterocycles. The molecule has 0 bridgehead atoms. The summed E-state index contributed by atoms with van der Waals surface area (Å²) in [6, 6.07) is 7.01. The van der Waals surface area contributed by atoms with E-state index in [1.165, 1.54) is 23.2 Å². The van der Waals surface area contributed by atoms with Gasteiger partial charge >= 0.3 is 0 Å². The smallest absolute Gasteiger partial charge is 0.259 e. The van der Waals surface area contributed by atoms with E-state index in [1.54, 1.807) is 23.3 Å². The van der Waals surface area contributed by atoms with Gasteiger partial charge in [-0.15, -0.1) is 0 Å². The first-order chi connectivity index (χ1) is 11.5. The van der Waals surface area contributed by atoms with Crippen molar-refractivity contribution >= 4 is 5.91 Å². The summed E-state index contributed by atoms with van der Waals surface area (Å²) >= 11 is 0. The second kappa shape index (κ2) is 6.27. The summed E-state index contributed by atoms with van der Waals surface area (Å²) in [6.45, 7) is 0.0327. The molecule has 124 valence electrons. The van der Waals surface area contributed by atoms with E-state index in [2.05, 4.69) is 5.10 Å². The van der Waals surface area contributed by atoms with Gasteiger partial charge in [-0.3, -0.25) is 9.48 Å². The van der Waals surface area contributed by atoms with Crippen molar-refractivity contribution in [3.05, 3.63) is 71.7 Å². The third kappa shape index (κ3) is 2.92. The molecule has 3 aromatic rings. The van der Waals surface area contributed by atoms with Crippen LogP contribution >= 0.6 is 0 Å². The van der Waals surface area contributed by atoms with Crippen LogP contribution in [0.1, 0.15) is 15.9 Å². The maximum absolute atomic E-state index is 13.8. The first kappa shape index (κ1) is 15.9. The molecule has 1 aromatic carbocycles. The fourth-order valence-electron chi connectivity index (χ4n) is 2.55. The first-order valence-electron chi connectivity index (χ1n) is 7.32. The molecule has 3 rings (SSSR count). The predicted molar refractivity (Wildman–Crippen MR) is 84.7 cm³/mol. The number of hydrogen-bond acceptors (Lipinski definition) is 2. The summed E-state index contributed by atoms with van der Waals surface area (Å²) in [5.74, 6) is -0.995. The summed E-state index contributed by atoms with van der Waals surface area (Å²) in [5.41, 5.74) is 0.650. The van der Waals surface area contributed by atoms with E-state index in [0.29, 0.717) is 11.4 Å². The van der Waals surface area contributed by atoms with E-state index in [0.717, 1.165) is 6.07 Å². The van der Waals surface area contributed by atoms with Crippen molar-refractivity contribution in [2.75, 3.05) is 7.05 Å². The number of aromatic nitrogens is 3. The minimum atomic E-state index is -0.675. The SMILES string of the molecule is CN(Cc1ccc(F)cc1F)C(=O)c1cnn(C)c1-n1cccc1. The van der Waals surface area contributed by atoms with Crippen molar-refractivity contribution in [1.29, 1.82) is 0 Å². The molecule has 1 amide bonds. The molecule has 0 saturated carbocycles. The fourth-order valence-corrected chi connectivity index (χ4v) is 2.55. The quantitative estimate of drug-likeness (QED) is 0.738. The number of carbonyl (C=O) groups excluding carboxylic acids is 1. The van der Waals surface area contributed by atoms with Gasteiger partial charge in [0.1, 0.15) is 23.0 Å². The first-order valence-corrected chi connectivity index (χ1v) is 7.32. The Hall–Kier alpha value is -2.96. The minimum absolute atomic E-state index is 0.0327. The highest BCUT2D eigenvalue weighted by atomic mass is 19.1. The Morgan fingerprint density at radius 1 is 1.25 bits per heavy atom. The van der Waals surface area contributed by atoms with E-state index in [9.17, 15) is 13.6 Å². The number of rotatable bonds is 4. The summed E-state index contributed by atoms with van der Waals surface area (Å²) in [7, 11) is 3.31. The molecule has 0 radical (unpaired) electrons. The van der Waals surface area contributed by atoms with Gasteiger partial charge in [0.2, 0.25) is 0 Å². The predicted octanol–water partition coefficient (Wildman–Crippen LogP) is 2.76. The number of amides is 1. The Balaban J connectivity index is 1.87. The van der Waals surface area contributed by atoms with E-state index in [4.69, 9.17) is 0 Å². The van der Waals surface area contributed by atoms with E-state index in [-0.39, 0.29) is 18.0 Å². The van der Waals surface area contributed by atoms with Crippen LogP contribution in [0.15, 0.2) is 48.9 Å². The van der Waals surface area contributed by atoms with Crippen molar-refractivity contribution in [3.63, 3.8) is 0 Å². The molecular formula is C17H16F2N4O. The molecular weight excluding hydrogens is 314 g/mol. The fraction of sp³-hybridized carbons (Fsp3) is 0.176. The van der Waals surface area contributed by atoms with Crippen LogP contribution in [0.4, 0.5) is 8.78 Å². The van der Waals surface area contributed by atoms with Gasteiger partial charge in [0.05, 0.1) is 6.20 Å². The van der Waals surface area contributed by atoms with Crippen LogP contribution in [0.25, 0.3) is 5.82 Å². The highest BCUT2D eigenvalue weighted by molar-refractivity contribution is 5.96. The second-order valence-electron chi connectivity index (χ2n) is 5.49. The van der Waals surface area contributed by atoms with Crippen LogP contribution in [0.2, 0.25) is 0 Å². The van der Waals surface area contributed by atoms with Crippen LogP contribution in [0.5, 0.6) is 0 Å². The summed E-state index contributed by atoms with van der Waals surface area (Å²) < 4.78 is 30.2. The third-order valence-electron chi connectivity index (χ3n) is 3.76. The Morgan fingerprint density at radius 3 is 2.62 bits per heavy atom. The maximum Gasteiger partial charge on any atom is 0.259 e. The molecule has 0 aliphatic carbocycles. The number of nitrogens with zero attached hydrogens (tertiary/aromatic N) is 4. The van der Waals surface area contributed by atoms with Crippen molar-refractivity contribution in [1.82, 2.24) is 19.2 Å². The highest BCUT2D eigenvalue weighted by Crippen LogP contribution is 2.18. The van der Waals surface area contributed by atoms with Crippen LogP contribution in [0.3, 0.4) is 0 Å². The zero-order chi connectivity index (χ0) is 17.3. The van der Waals surface area contributed by atoms with Gasteiger partial charge in [0.25, 0.3) is 5.91 Å². The van der Waals surface area contributed by atoms with Crippen LogP contribution in [0, 0.1) is 11.6 Å². The largest absolute Gasteiger partial charge is 0.337 e. The summed E-state index contributed by atoms with van der Waals surface area (Å²) in [6.07, 6.45) is 5.11. The van der Waals surface area contributed by atoms with Crippen LogP contribution < -0.4 is 0 Å². The molecule has 24 heavy (non-hydrogen) atoms. The zero-order valence-corrected chi connectivity index (χ0v) is 13.3. The standard InChI is InChI=1S/C17H16F2N4O/c1-21(11-12-5-6-13(18)9-15(12)19)17(24)14-10-20-22(2)16(14)23-7-3-4-8-23/h3-10H,11H2,1-2H3. The van der Waals surface area contributed by atoms with Gasteiger partial charge in [-0.2, -0.15) is 5.10 Å². The van der Waals surface area contributed by atoms with Gasteiger partial charge < -0.3 is 9.47 Å². The van der Waals surface area contributed by atoms with Gasteiger partial charge in [-0.05, 0) is 18.2 Å². The Labute approximate surface area is 137 Å². The lowest BCUT2D eigenvalue weighted by molar-refractivity contribution is 0.0783. The summed E-state index contributed by atoms with van der Waals surface area (Å²) in [5, 5.41) is 4.14. The minimum Gasteiger partial charge on any atom is -0.337 e. The molecule has 0 fully saturated rings. The molecule has 0 aliphatic rings. The summed E-state index contributed by atoms with van der Waals surface area (Å²) in [4.78, 5) is 14.1. The number of carbonyl (C=O) groups is 1. The Bertz CT molecular complexity index is 871. The third-order valence-corrected chi connectivity index (χ3v) is 3.76. The average molecular weight is 330 g/mol. The van der Waals surface area contributed by atoms with Gasteiger partial charge in [0.15, 0.2) is 0 Å². The molecule has 0 N–H and O–H groups in total. The monoisotopic (exact) mass is 330 g/mol. The lowest BCUT2D eigenvalue weighted by atomic mass is 10.2. The molecule has 7 heteroatoms. The normalized spacial score (nSPS) is 10.8. The maximum atomic E-state index is 13.8. The van der Waals surface area contributed by atoms with E-state index < -0.39 is 11.6 Å². The van der Waals surface area contributed by atoms with Crippen molar-refractivity contribution in [2.24, 2.45) is 7.05 Å². The van der Waals surface area contributed by atoms with Gasteiger partial charge in [-0.1, -0.05) is 6.07 Å². The number of aryl methyl sites for hydroxylation is 1. The molecule has 0 unspecified atom stereocenters. The van der Waals surface area contributed by atoms with Crippen molar-refractivity contribution in [2.45, 2.75) is 6.54 Å².